The van der Waals surface area contributed by atoms with Crippen LogP contribution in [0.3, 0.4) is 0 Å². The van der Waals surface area contributed by atoms with Crippen molar-refractivity contribution >= 4 is 11.0 Å². The van der Waals surface area contributed by atoms with E-state index in [0.29, 0.717) is 12.4 Å². The number of hydrogen-bond acceptors (Lipinski definition) is 3. The van der Waals surface area contributed by atoms with Crippen LogP contribution >= 0.6 is 0 Å². The molecule has 2 rings (SSSR count). The van der Waals surface area contributed by atoms with E-state index in [1.54, 1.807) is 7.11 Å². The fourth-order valence-corrected chi connectivity index (χ4v) is 1.77. The van der Waals surface area contributed by atoms with Gasteiger partial charge in [-0.1, -0.05) is 13.8 Å². The molecule has 0 fully saturated rings. The number of H-pyrrole nitrogens is 1. The summed E-state index contributed by atoms with van der Waals surface area (Å²) in [6.07, 6.45) is 1.98. The standard InChI is InChI=1S/C12H17N3O/c1-12(2,7-13)9-6-14-11-8(9)4-5-10(15-11)16-3/h4-6H,7,13H2,1-3H3,(H,14,15). The van der Waals surface area contributed by atoms with Crippen LogP contribution in [0.25, 0.3) is 11.0 Å². The normalized spacial score (nSPS) is 12.0. The van der Waals surface area contributed by atoms with Gasteiger partial charge in [-0.25, -0.2) is 0 Å². The van der Waals surface area contributed by atoms with Gasteiger partial charge in [0.2, 0.25) is 5.88 Å². The summed E-state index contributed by atoms with van der Waals surface area (Å²) in [5.41, 5.74) is 7.78. The number of hydrogen-bond donors (Lipinski definition) is 2. The number of aromatic amines is 1. The van der Waals surface area contributed by atoms with Crippen molar-refractivity contribution in [1.82, 2.24) is 9.97 Å². The maximum atomic E-state index is 5.79. The Bertz CT molecular complexity index is 502. The zero-order valence-corrected chi connectivity index (χ0v) is 9.87. The van der Waals surface area contributed by atoms with Crippen molar-refractivity contribution in [2.75, 3.05) is 13.7 Å². The first-order valence-corrected chi connectivity index (χ1v) is 5.31. The Morgan fingerprint density at radius 2 is 2.19 bits per heavy atom. The van der Waals surface area contributed by atoms with E-state index in [4.69, 9.17) is 10.5 Å². The number of methoxy groups -OCH3 is 1. The van der Waals surface area contributed by atoms with Crippen LogP contribution in [0, 0.1) is 0 Å². The largest absolute Gasteiger partial charge is 0.481 e. The molecule has 0 aliphatic carbocycles. The number of ether oxygens (including phenoxy) is 1. The molecule has 2 heterocycles. The maximum Gasteiger partial charge on any atom is 0.214 e. The molecule has 0 saturated heterocycles. The Morgan fingerprint density at radius 1 is 1.44 bits per heavy atom. The molecule has 0 saturated carbocycles. The Labute approximate surface area is 94.8 Å². The van der Waals surface area contributed by atoms with Crippen molar-refractivity contribution in [3.63, 3.8) is 0 Å². The molecule has 0 unspecified atom stereocenters. The van der Waals surface area contributed by atoms with Crippen LogP contribution in [0.2, 0.25) is 0 Å². The Hall–Kier alpha value is -1.55. The van der Waals surface area contributed by atoms with E-state index in [9.17, 15) is 0 Å². The molecule has 2 aromatic heterocycles. The second-order valence-electron chi connectivity index (χ2n) is 4.54. The minimum Gasteiger partial charge on any atom is -0.481 e. The van der Waals surface area contributed by atoms with Gasteiger partial charge in [0.15, 0.2) is 0 Å². The molecule has 0 spiro atoms. The number of pyridine rings is 1. The van der Waals surface area contributed by atoms with Crippen molar-refractivity contribution in [3.05, 3.63) is 23.9 Å². The summed E-state index contributed by atoms with van der Waals surface area (Å²) in [5, 5.41) is 1.11. The van der Waals surface area contributed by atoms with E-state index in [1.807, 2.05) is 18.3 Å². The Morgan fingerprint density at radius 3 is 2.81 bits per heavy atom. The lowest BCUT2D eigenvalue weighted by molar-refractivity contribution is 0.399. The van der Waals surface area contributed by atoms with Crippen molar-refractivity contribution in [3.8, 4) is 5.88 Å². The molecule has 0 bridgehead atoms. The van der Waals surface area contributed by atoms with Crippen LogP contribution in [0.15, 0.2) is 18.3 Å². The van der Waals surface area contributed by atoms with Crippen LogP contribution in [0.4, 0.5) is 0 Å². The van der Waals surface area contributed by atoms with E-state index in [0.717, 1.165) is 11.0 Å². The Balaban J connectivity index is 2.58. The number of nitrogens with one attached hydrogen (secondary N) is 1. The highest BCUT2D eigenvalue weighted by atomic mass is 16.5. The van der Waals surface area contributed by atoms with Gasteiger partial charge >= 0.3 is 0 Å². The van der Waals surface area contributed by atoms with Gasteiger partial charge in [0, 0.05) is 29.6 Å². The molecule has 0 amide bonds. The van der Waals surface area contributed by atoms with E-state index in [2.05, 4.69) is 23.8 Å². The van der Waals surface area contributed by atoms with Gasteiger partial charge in [-0.3, -0.25) is 0 Å². The van der Waals surface area contributed by atoms with Crippen LogP contribution < -0.4 is 10.5 Å². The van der Waals surface area contributed by atoms with Gasteiger partial charge in [0.1, 0.15) is 5.65 Å². The van der Waals surface area contributed by atoms with Gasteiger partial charge in [-0.15, -0.1) is 0 Å². The van der Waals surface area contributed by atoms with Crippen LogP contribution in [-0.4, -0.2) is 23.6 Å². The highest BCUT2D eigenvalue weighted by Gasteiger charge is 2.22. The third-order valence-electron chi connectivity index (χ3n) is 2.96. The van der Waals surface area contributed by atoms with Gasteiger partial charge in [-0.2, -0.15) is 4.98 Å². The molecule has 0 aliphatic rings. The van der Waals surface area contributed by atoms with Gasteiger partial charge in [-0.05, 0) is 11.6 Å². The van der Waals surface area contributed by atoms with Gasteiger partial charge < -0.3 is 15.5 Å². The molecule has 0 aromatic carbocycles. The first-order valence-electron chi connectivity index (χ1n) is 5.31. The van der Waals surface area contributed by atoms with Crippen LogP contribution in [-0.2, 0) is 5.41 Å². The fourth-order valence-electron chi connectivity index (χ4n) is 1.77. The average Bonchev–Trinajstić information content (AvgIpc) is 2.72. The second-order valence-corrected chi connectivity index (χ2v) is 4.54. The monoisotopic (exact) mass is 219 g/mol. The predicted molar refractivity (Wildman–Crippen MR) is 64.7 cm³/mol. The zero-order chi connectivity index (χ0) is 11.8. The zero-order valence-electron chi connectivity index (χ0n) is 9.87. The van der Waals surface area contributed by atoms with E-state index in [1.165, 1.54) is 5.56 Å². The third kappa shape index (κ3) is 1.65. The molecule has 2 aromatic rings. The summed E-state index contributed by atoms with van der Waals surface area (Å²) in [4.78, 5) is 7.50. The van der Waals surface area contributed by atoms with Crippen molar-refractivity contribution in [2.24, 2.45) is 5.73 Å². The smallest absolute Gasteiger partial charge is 0.214 e. The highest BCUT2D eigenvalue weighted by Crippen LogP contribution is 2.29. The highest BCUT2D eigenvalue weighted by molar-refractivity contribution is 5.81. The Kier molecular flexibility index (Phi) is 2.59. The lowest BCUT2D eigenvalue weighted by Crippen LogP contribution is -2.27. The van der Waals surface area contributed by atoms with Crippen LogP contribution in [0.1, 0.15) is 19.4 Å². The molecular formula is C12H17N3O. The van der Waals surface area contributed by atoms with Crippen LogP contribution in [0.5, 0.6) is 5.88 Å². The quantitative estimate of drug-likeness (QED) is 0.827. The molecule has 3 N–H and O–H groups in total. The summed E-state index contributed by atoms with van der Waals surface area (Å²) in [6.45, 7) is 4.85. The lowest BCUT2D eigenvalue weighted by atomic mass is 9.85. The van der Waals surface area contributed by atoms with Gasteiger partial charge in [0.05, 0.1) is 7.11 Å². The predicted octanol–water partition coefficient (Wildman–Crippen LogP) is 1.81. The number of rotatable bonds is 3. The number of fused-ring (bicyclic) bond motifs is 1. The topological polar surface area (TPSA) is 63.9 Å². The summed E-state index contributed by atoms with van der Waals surface area (Å²) in [7, 11) is 1.61. The fraction of sp³-hybridized carbons (Fsp3) is 0.417. The molecule has 4 heteroatoms. The summed E-state index contributed by atoms with van der Waals surface area (Å²) >= 11 is 0. The summed E-state index contributed by atoms with van der Waals surface area (Å²) in [6, 6.07) is 3.89. The van der Waals surface area contributed by atoms with Crippen molar-refractivity contribution < 1.29 is 4.74 Å². The summed E-state index contributed by atoms with van der Waals surface area (Å²) in [5.74, 6) is 0.617. The molecule has 0 radical (unpaired) electrons. The number of aromatic nitrogens is 2. The van der Waals surface area contributed by atoms with Gasteiger partial charge in [0.25, 0.3) is 0 Å². The lowest BCUT2D eigenvalue weighted by Gasteiger charge is -2.21. The molecular weight excluding hydrogens is 202 g/mol. The molecule has 86 valence electrons. The number of nitrogens with two attached hydrogens (primary N) is 1. The number of nitrogens with zero attached hydrogens (tertiary/aromatic N) is 1. The van der Waals surface area contributed by atoms with E-state index in [-0.39, 0.29) is 5.41 Å². The first kappa shape index (κ1) is 11.0. The summed E-state index contributed by atoms with van der Waals surface area (Å²) < 4.78 is 5.09. The second kappa shape index (κ2) is 3.79. The van der Waals surface area contributed by atoms with E-state index >= 15 is 0 Å². The SMILES string of the molecule is COc1ccc2c(C(C)(C)CN)c[nH]c2n1. The molecule has 4 nitrogen and oxygen atoms in total. The minimum absolute atomic E-state index is 0.0471. The maximum absolute atomic E-state index is 5.79. The third-order valence-corrected chi connectivity index (χ3v) is 2.96. The minimum atomic E-state index is -0.0471. The average molecular weight is 219 g/mol. The van der Waals surface area contributed by atoms with Crippen molar-refractivity contribution in [2.45, 2.75) is 19.3 Å². The van der Waals surface area contributed by atoms with Crippen molar-refractivity contribution in [1.29, 1.82) is 0 Å². The first-order chi connectivity index (χ1) is 7.58. The molecule has 0 aliphatic heterocycles. The molecule has 16 heavy (non-hydrogen) atoms. The molecule has 0 atom stereocenters. The van der Waals surface area contributed by atoms with E-state index < -0.39 is 0 Å².